The zero-order valence-corrected chi connectivity index (χ0v) is 22.7. The third kappa shape index (κ3) is 5.11. The van der Waals surface area contributed by atoms with Crippen molar-refractivity contribution in [1.82, 2.24) is 28.5 Å². The molecule has 38 heavy (non-hydrogen) atoms. The zero-order valence-electron chi connectivity index (χ0n) is 22.7. The molecule has 0 spiro atoms. The van der Waals surface area contributed by atoms with Crippen LogP contribution < -0.4 is 11.2 Å². The molecule has 0 bridgehead atoms. The van der Waals surface area contributed by atoms with Crippen molar-refractivity contribution in [2.24, 2.45) is 14.1 Å². The monoisotopic (exact) mass is 514 g/mol. The summed E-state index contributed by atoms with van der Waals surface area (Å²) in [6, 6.07) is 21.7. The fraction of sp³-hybridized carbons (Fsp3) is 0.433. The van der Waals surface area contributed by atoms with Gasteiger partial charge >= 0.3 is 5.69 Å². The van der Waals surface area contributed by atoms with Gasteiger partial charge in [0.15, 0.2) is 11.2 Å². The van der Waals surface area contributed by atoms with Gasteiger partial charge in [-0.15, -0.1) is 0 Å². The molecule has 0 N–H and O–H groups in total. The summed E-state index contributed by atoms with van der Waals surface area (Å²) < 4.78 is 4.75. The number of rotatable bonds is 9. The molecule has 5 rings (SSSR count). The van der Waals surface area contributed by atoms with Crippen LogP contribution in [-0.2, 0) is 27.2 Å². The second-order valence-corrected chi connectivity index (χ2v) is 10.3. The molecule has 0 amide bonds. The Morgan fingerprint density at radius 2 is 1.42 bits per heavy atom. The van der Waals surface area contributed by atoms with E-state index < -0.39 is 0 Å². The van der Waals surface area contributed by atoms with E-state index in [2.05, 4.69) is 82.0 Å². The molecule has 2 aromatic heterocycles. The van der Waals surface area contributed by atoms with Gasteiger partial charge in [-0.25, -0.2) is 9.78 Å². The number of benzene rings is 2. The maximum atomic E-state index is 13.1. The summed E-state index contributed by atoms with van der Waals surface area (Å²) in [4.78, 5) is 35.5. The molecule has 4 aromatic rings. The van der Waals surface area contributed by atoms with Crippen LogP contribution in [0.25, 0.3) is 11.2 Å². The van der Waals surface area contributed by atoms with Gasteiger partial charge in [-0.05, 0) is 17.5 Å². The Hall–Kier alpha value is -3.49. The van der Waals surface area contributed by atoms with Crippen LogP contribution in [0.4, 0.5) is 0 Å². The number of hydrogen-bond donors (Lipinski definition) is 0. The summed E-state index contributed by atoms with van der Waals surface area (Å²) in [7, 11) is 3.24. The highest BCUT2D eigenvalue weighted by Crippen LogP contribution is 2.29. The predicted molar refractivity (Wildman–Crippen MR) is 151 cm³/mol. The Morgan fingerprint density at radius 3 is 2.00 bits per heavy atom. The molecule has 1 aliphatic rings. The Bertz CT molecular complexity index is 1440. The smallest absolute Gasteiger partial charge is 0.321 e. The summed E-state index contributed by atoms with van der Waals surface area (Å²) in [6.07, 6.45) is 3.17. The normalized spacial score (nSPS) is 15.1. The van der Waals surface area contributed by atoms with E-state index in [0.717, 1.165) is 57.8 Å². The number of nitrogens with zero attached hydrogens (tertiary/aromatic N) is 6. The number of aromatic nitrogens is 4. The zero-order chi connectivity index (χ0) is 26.6. The van der Waals surface area contributed by atoms with Gasteiger partial charge < -0.3 is 4.57 Å². The first-order valence-electron chi connectivity index (χ1n) is 13.7. The maximum Gasteiger partial charge on any atom is 0.332 e. The Balaban J connectivity index is 1.39. The van der Waals surface area contributed by atoms with E-state index >= 15 is 0 Å². The number of hydrogen-bond acceptors (Lipinski definition) is 5. The van der Waals surface area contributed by atoms with E-state index in [0.29, 0.717) is 17.7 Å². The van der Waals surface area contributed by atoms with E-state index in [1.165, 1.54) is 20.3 Å². The predicted octanol–water partition coefficient (Wildman–Crippen LogP) is 3.53. The van der Waals surface area contributed by atoms with Crippen LogP contribution in [0.3, 0.4) is 0 Å². The van der Waals surface area contributed by atoms with Gasteiger partial charge in [0.2, 0.25) is 0 Å². The van der Waals surface area contributed by atoms with Gasteiger partial charge in [0.25, 0.3) is 5.56 Å². The quantitative estimate of drug-likeness (QED) is 0.320. The van der Waals surface area contributed by atoms with Crippen molar-refractivity contribution in [1.29, 1.82) is 0 Å². The molecule has 0 saturated carbocycles. The minimum Gasteiger partial charge on any atom is -0.321 e. The SMILES string of the molecule is CCCCCn1c(CN2CCN(C(c3ccccc3)c3ccccc3)CC2)nc2c1c(=O)n(C)c(=O)n2C. The van der Waals surface area contributed by atoms with Gasteiger partial charge in [0, 0.05) is 46.8 Å². The third-order valence-corrected chi connectivity index (χ3v) is 7.78. The second kappa shape index (κ2) is 11.5. The summed E-state index contributed by atoms with van der Waals surface area (Å²) in [5, 5.41) is 0. The van der Waals surface area contributed by atoms with E-state index in [4.69, 9.17) is 4.98 Å². The minimum atomic E-state index is -0.339. The van der Waals surface area contributed by atoms with E-state index in [1.807, 2.05) is 0 Å². The Kier molecular flexibility index (Phi) is 7.90. The molecule has 2 aromatic carbocycles. The molecule has 200 valence electrons. The van der Waals surface area contributed by atoms with E-state index in [1.54, 1.807) is 14.1 Å². The van der Waals surface area contributed by atoms with Crippen LogP contribution in [-0.4, -0.2) is 54.7 Å². The maximum absolute atomic E-state index is 13.1. The van der Waals surface area contributed by atoms with E-state index in [9.17, 15) is 9.59 Å². The van der Waals surface area contributed by atoms with Crippen LogP contribution in [0.1, 0.15) is 49.2 Å². The standard InChI is InChI=1S/C30H38N6O2/c1-4-5-12-17-36-25(31-28-27(36)29(37)33(3)30(38)32(28)2)22-34-18-20-35(21-19-34)26(23-13-8-6-9-14-23)24-15-10-7-11-16-24/h6-11,13-16,26H,4-5,12,17-22H2,1-3H3. The van der Waals surface area contributed by atoms with Crippen LogP contribution in [0, 0.1) is 0 Å². The average Bonchev–Trinajstić information content (AvgIpc) is 3.31. The number of unbranched alkanes of at least 4 members (excludes halogenated alkanes) is 2. The molecule has 1 aliphatic heterocycles. The first-order valence-corrected chi connectivity index (χ1v) is 13.7. The number of fused-ring (bicyclic) bond motifs is 1. The van der Waals surface area contributed by atoms with Crippen molar-refractivity contribution < 1.29 is 0 Å². The molecule has 8 heteroatoms. The van der Waals surface area contributed by atoms with Crippen molar-refractivity contribution in [3.8, 4) is 0 Å². The topological polar surface area (TPSA) is 68.3 Å². The molecule has 1 fully saturated rings. The molecule has 0 aliphatic carbocycles. The van der Waals surface area contributed by atoms with Gasteiger partial charge in [0.1, 0.15) is 5.82 Å². The van der Waals surface area contributed by atoms with Crippen LogP contribution in [0.5, 0.6) is 0 Å². The molecular formula is C30H38N6O2. The van der Waals surface area contributed by atoms with Gasteiger partial charge in [0.05, 0.1) is 12.6 Å². The van der Waals surface area contributed by atoms with Crippen molar-refractivity contribution >= 4 is 11.2 Å². The lowest BCUT2D eigenvalue weighted by molar-refractivity contribution is 0.102. The number of piperazine rings is 1. The molecule has 8 nitrogen and oxygen atoms in total. The van der Waals surface area contributed by atoms with E-state index in [-0.39, 0.29) is 17.3 Å². The third-order valence-electron chi connectivity index (χ3n) is 7.78. The molecule has 0 radical (unpaired) electrons. The lowest BCUT2D eigenvalue weighted by atomic mass is 9.96. The molecule has 0 atom stereocenters. The number of aryl methyl sites for hydroxylation is 2. The lowest BCUT2D eigenvalue weighted by Crippen LogP contribution is -2.47. The van der Waals surface area contributed by atoms with Crippen molar-refractivity contribution in [2.45, 2.75) is 45.3 Å². The largest absolute Gasteiger partial charge is 0.332 e. The van der Waals surface area contributed by atoms with Gasteiger partial charge in [-0.2, -0.15) is 0 Å². The molecule has 3 heterocycles. The lowest BCUT2D eigenvalue weighted by Gasteiger charge is -2.39. The van der Waals surface area contributed by atoms with Gasteiger partial charge in [-0.1, -0.05) is 80.4 Å². The fourth-order valence-electron chi connectivity index (χ4n) is 5.64. The molecule has 1 saturated heterocycles. The van der Waals surface area contributed by atoms with Crippen molar-refractivity contribution in [3.05, 3.63) is 98.5 Å². The van der Waals surface area contributed by atoms with Crippen molar-refractivity contribution in [2.75, 3.05) is 26.2 Å². The first kappa shape index (κ1) is 26.1. The first-order chi connectivity index (χ1) is 18.5. The molecular weight excluding hydrogens is 476 g/mol. The van der Waals surface area contributed by atoms with Crippen LogP contribution in [0.15, 0.2) is 70.3 Å². The molecule has 0 unspecified atom stereocenters. The Labute approximate surface area is 223 Å². The highest BCUT2D eigenvalue weighted by Gasteiger charge is 2.28. The highest BCUT2D eigenvalue weighted by molar-refractivity contribution is 5.71. The summed E-state index contributed by atoms with van der Waals surface area (Å²) >= 11 is 0. The highest BCUT2D eigenvalue weighted by atomic mass is 16.2. The van der Waals surface area contributed by atoms with Crippen LogP contribution >= 0.6 is 0 Å². The van der Waals surface area contributed by atoms with Gasteiger partial charge in [-0.3, -0.25) is 23.7 Å². The summed E-state index contributed by atoms with van der Waals surface area (Å²) in [5.74, 6) is 0.866. The number of imidazole rings is 1. The fourth-order valence-corrected chi connectivity index (χ4v) is 5.64. The summed E-state index contributed by atoms with van der Waals surface area (Å²) in [5.41, 5.74) is 3.03. The minimum absolute atomic E-state index is 0.218. The average molecular weight is 515 g/mol. The summed E-state index contributed by atoms with van der Waals surface area (Å²) in [6.45, 7) is 7.25. The van der Waals surface area contributed by atoms with Crippen LogP contribution in [0.2, 0.25) is 0 Å². The second-order valence-electron chi connectivity index (χ2n) is 10.3. The Morgan fingerprint density at radius 1 is 0.816 bits per heavy atom. The van der Waals surface area contributed by atoms with Crippen molar-refractivity contribution in [3.63, 3.8) is 0 Å².